The van der Waals surface area contributed by atoms with Crippen LogP contribution in [0.25, 0.3) is 11.0 Å². The number of imidazole rings is 1. The summed E-state index contributed by atoms with van der Waals surface area (Å²) in [5.74, 6) is -0.410. The molecule has 0 atom stereocenters. The lowest BCUT2D eigenvalue weighted by Gasteiger charge is -2.07. The molecular formula is C17H15ClN4O2. The number of para-hydroxylation sites is 1. The summed E-state index contributed by atoms with van der Waals surface area (Å²) in [4.78, 5) is 30.9. The highest BCUT2D eigenvalue weighted by atomic mass is 35.5. The first kappa shape index (κ1) is 16.0. The van der Waals surface area contributed by atoms with E-state index in [-0.39, 0.29) is 30.1 Å². The molecule has 0 aliphatic heterocycles. The highest BCUT2D eigenvalue weighted by molar-refractivity contribution is 6.29. The molecule has 3 aromatic rings. The molecule has 6 nitrogen and oxygen atoms in total. The number of nitrogens with one attached hydrogen (secondary N) is 3. The molecule has 24 heavy (non-hydrogen) atoms. The van der Waals surface area contributed by atoms with E-state index in [0.717, 1.165) is 5.69 Å². The lowest BCUT2D eigenvalue weighted by atomic mass is 10.2. The number of rotatable bonds is 5. The monoisotopic (exact) mass is 342 g/mol. The van der Waals surface area contributed by atoms with E-state index in [9.17, 15) is 9.59 Å². The number of carbonyl (C=O) groups is 2. The lowest BCUT2D eigenvalue weighted by Crippen LogP contribution is -2.27. The molecule has 1 aromatic heterocycles. The quantitative estimate of drug-likeness (QED) is 0.666. The van der Waals surface area contributed by atoms with Crippen molar-refractivity contribution in [1.82, 2.24) is 15.3 Å². The van der Waals surface area contributed by atoms with Crippen LogP contribution in [-0.2, 0) is 4.79 Å². The highest BCUT2D eigenvalue weighted by Gasteiger charge is 2.09. The summed E-state index contributed by atoms with van der Waals surface area (Å²) in [7, 11) is 0. The van der Waals surface area contributed by atoms with Gasteiger partial charge in [-0.25, -0.2) is 4.98 Å². The number of carbonyl (C=O) groups excluding carboxylic acids is 2. The van der Waals surface area contributed by atoms with E-state index in [2.05, 4.69) is 20.6 Å². The van der Waals surface area contributed by atoms with Crippen molar-refractivity contribution in [3.05, 3.63) is 59.4 Å². The largest absolute Gasteiger partial charge is 0.352 e. The molecule has 3 rings (SSSR count). The zero-order chi connectivity index (χ0) is 16.9. The van der Waals surface area contributed by atoms with Crippen molar-refractivity contribution in [3.8, 4) is 0 Å². The Labute approximate surface area is 143 Å². The van der Waals surface area contributed by atoms with Crippen LogP contribution in [0.3, 0.4) is 0 Å². The predicted octanol–water partition coefficient (Wildman–Crippen LogP) is 2.97. The molecule has 3 N–H and O–H groups in total. The minimum atomic E-state index is -0.255. The molecule has 7 heteroatoms. The summed E-state index contributed by atoms with van der Waals surface area (Å²) in [5, 5.41) is 5.76. The normalized spacial score (nSPS) is 10.5. The van der Waals surface area contributed by atoms with Crippen molar-refractivity contribution < 1.29 is 9.59 Å². The van der Waals surface area contributed by atoms with Gasteiger partial charge in [0, 0.05) is 24.2 Å². The Morgan fingerprint density at radius 1 is 1.12 bits per heavy atom. The second-order valence-corrected chi connectivity index (χ2v) is 5.54. The number of H-pyrrole nitrogens is 1. The fourth-order valence-corrected chi connectivity index (χ4v) is 2.45. The number of anilines is 1. The molecule has 2 amide bonds. The van der Waals surface area contributed by atoms with E-state index in [1.54, 1.807) is 30.3 Å². The second-order valence-electron chi connectivity index (χ2n) is 5.18. The molecule has 0 aliphatic rings. The van der Waals surface area contributed by atoms with Gasteiger partial charge < -0.3 is 15.6 Å². The summed E-state index contributed by atoms with van der Waals surface area (Å²) in [6.07, 6.45) is 0.193. The molecule has 0 saturated heterocycles. The SMILES string of the molecule is O=C(CCNC(=O)c1ccc2nc(Cl)[nH]c2c1)Nc1ccccc1. The maximum Gasteiger partial charge on any atom is 0.251 e. The first-order chi connectivity index (χ1) is 11.6. The van der Waals surface area contributed by atoms with Gasteiger partial charge in [-0.05, 0) is 41.9 Å². The average Bonchev–Trinajstić information content (AvgIpc) is 2.94. The first-order valence-corrected chi connectivity index (χ1v) is 7.78. The van der Waals surface area contributed by atoms with Crippen LogP contribution >= 0.6 is 11.6 Å². The van der Waals surface area contributed by atoms with Gasteiger partial charge in [0.1, 0.15) is 0 Å². The number of aromatic amines is 1. The van der Waals surface area contributed by atoms with Crippen LogP contribution in [0.15, 0.2) is 48.5 Å². The van der Waals surface area contributed by atoms with Gasteiger partial charge in [0.15, 0.2) is 0 Å². The topological polar surface area (TPSA) is 86.9 Å². The third-order valence-corrected chi connectivity index (χ3v) is 3.59. The van der Waals surface area contributed by atoms with Crippen LogP contribution in [0, 0.1) is 0 Å². The number of nitrogens with zero attached hydrogens (tertiary/aromatic N) is 1. The smallest absolute Gasteiger partial charge is 0.251 e. The summed E-state index contributed by atoms with van der Waals surface area (Å²) in [5.41, 5.74) is 2.59. The Balaban J connectivity index is 1.52. The Kier molecular flexibility index (Phi) is 4.77. The third-order valence-electron chi connectivity index (χ3n) is 3.41. The summed E-state index contributed by atoms with van der Waals surface area (Å²) in [6, 6.07) is 14.2. The Hall–Kier alpha value is -2.86. The fraction of sp³-hybridized carbons (Fsp3) is 0.118. The summed E-state index contributed by atoms with van der Waals surface area (Å²) >= 11 is 5.79. The average molecular weight is 343 g/mol. The van der Waals surface area contributed by atoms with Gasteiger partial charge in [-0.3, -0.25) is 9.59 Å². The third kappa shape index (κ3) is 3.91. The number of halogens is 1. The predicted molar refractivity (Wildman–Crippen MR) is 93.1 cm³/mol. The van der Waals surface area contributed by atoms with Gasteiger partial charge in [0.05, 0.1) is 11.0 Å². The van der Waals surface area contributed by atoms with E-state index in [4.69, 9.17) is 11.6 Å². The van der Waals surface area contributed by atoms with Gasteiger partial charge in [0.25, 0.3) is 5.91 Å². The number of aromatic nitrogens is 2. The number of amides is 2. The van der Waals surface area contributed by atoms with Crippen LogP contribution in [0.4, 0.5) is 5.69 Å². The zero-order valence-corrected chi connectivity index (χ0v) is 13.4. The van der Waals surface area contributed by atoms with Crippen molar-refractivity contribution in [2.75, 3.05) is 11.9 Å². The van der Waals surface area contributed by atoms with Gasteiger partial charge in [0.2, 0.25) is 11.2 Å². The number of benzene rings is 2. The molecule has 0 unspecified atom stereocenters. The molecular weight excluding hydrogens is 328 g/mol. The molecule has 0 spiro atoms. The van der Waals surface area contributed by atoms with Crippen molar-refractivity contribution in [1.29, 1.82) is 0 Å². The van der Waals surface area contributed by atoms with E-state index in [1.807, 2.05) is 18.2 Å². The van der Waals surface area contributed by atoms with Crippen LogP contribution < -0.4 is 10.6 Å². The Morgan fingerprint density at radius 2 is 1.92 bits per heavy atom. The van der Waals surface area contributed by atoms with Crippen molar-refractivity contribution in [2.24, 2.45) is 0 Å². The molecule has 0 fully saturated rings. The van der Waals surface area contributed by atoms with E-state index in [0.29, 0.717) is 16.6 Å². The summed E-state index contributed by atoms with van der Waals surface area (Å²) < 4.78 is 0. The van der Waals surface area contributed by atoms with Crippen LogP contribution in [-0.4, -0.2) is 28.3 Å². The maximum atomic E-state index is 12.1. The molecule has 0 radical (unpaired) electrons. The molecule has 0 saturated carbocycles. The van der Waals surface area contributed by atoms with Crippen LogP contribution in [0.5, 0.6) is 0 Å². The van der Waals surface area contributed by atoms with Gasteiger partial charge in [-0.2, -0.15) is 0 Å². The lowest BCUT2D eigenvalue weighted by molar-refractivity contribution is -0.116. The van der Waals surface area contributed by atoms with Crippen LogP contribution in [0.2, 0.25) is 5.28 Å². The highest BCUT2D eigenvalue weighted by Crippen LogP contribution is 2.16. The van der Waals surface area contributed by atoms with Crippen molar-refractivity contribution >= 4 is 40.1 Å². The summed E-state index contributed by atoms with van der Waals surface area (Å²) in [6.45, 7) is 0.249. The Morgan fingerprint density at radius 3 is 2.71 bits per heavy atom. The number of fused-ring (bicyclic) bond motifs is 1. The number of hydrogen-bond acceptors (Lipinski definition) is 3. The van der Waals surface area contributed by atoms with Crippen LogP contribution in [0.1, 0.15) is 16.8 Å². The maximum absolute atomic E-state index is 12.1. The first-order valence-electron chi connectivity index (χ1n) is 7.40. The van der Waals surface area contributed by atoms with Crippen molar-refractivity contribution in [3.63, 3.8) is 0 Å². The van der Waals surface area contributed by atoms with Gasteiger partial charge in [-0.1, -0.05) is 18.2 Å². The van der Waals surface area contributed by atoms with Gasteiger partial charge >= 0.3 is 0 Å². The standard InChI is InChI=1S/C17H15ClN4O2/c18-17-21-13-7-6-11(10-14(13)22-17)16(24)19-9-8-15(23)20-12-4-2-1-3-5-12/h1-7,10H,8-9H2,(H,19,24)(H,20,23)(H,21,22). The molecule has 2 aromatic carbocycles. The minimum Gasteiger partial charge on any atom is -0.352 e. The molecule has 1 heterocycles. The molecule has 122 valence electrons. The minimum absolute atomic E-state index is 0.155. The van der Waals surface area contributed by atoms with E-state index >= 15 is 0 Å². The fourth-order valence-electron chi connectivity index (χ4n) is 2.26. The second kappa shape index (κ2) is 7.14. The zero-order valence-electron chi connectivity index (χ0n) is 12.7. The van der Waals surface area contributed by atoms with Crippen molar-refractivity contribution in [2.45, 2.75) is 6.42 Å². The van der Waals surface area contributed by atoms with Gasteiger partial charge in [-0.15, -0.1) is 0 Å². The Bertz CT molecular complexity index is 877. The molecule has 0 bridgehead atoms. The van der Waals surface area contributed by atoms with E-state index in [1.165, 1.54) is 0 Å². The van der Waals surface area contributed by atoms with E-state index < -0.39 is 0 Å². The molecule has 0 aliphatic carbocycles. The number of hydrogen-bond donors (Lipinski definition) is 3.